The Balaban J connectivity index is 1.92. The van der Waals surface area contributed by atoms with Crippen LogP contribution in [0.15, 0.2) is 53.8 Å². The molecule has 1 aromatic heterocycles. The molecule has 1 unspecified atom stereocenters. The summed E-state index contributed by atoms with van der Waals surface area (Å²) in [5.41, 5.74) is 3.38. The summed E-state index contributed by atoms with van der Waals surface area (Å²) in [5, 5.41) is 11.8. The van der Waals surface area contributed by atoms with Crippen LogP contribution in [-0.2, 0) is 4.79 Å². The van der Waals surface area contributed by atoms with Gasteiger partial charge in [-0.25, -0.2) is 0 Å². The Kier molecular flexibility index (Phi) is 5.31. The lowest BCUT2D eigenvalue weighted by molar-refractivity contribution is -0.121. The fourth-order valence-electron chi connectivity index (χ4n) is 3.40. The van der Waals surface area contributed by atoms with Crippen LogP contribution in [-0.4, -0.2) is 40.0 Å². The highest BCUT2D eigenvalue weighted by Crippen LogP contribution is 2.33. The number of ether oxygens (including phenoxy) is 1. The predicted molar refractivity (Wildman–Crippen MR) is 111 cm³/mol. The zero-order valence-electron chi connectivity index (χ0n) is 16.1. The minimum atomic E-state index is -0.479. The van der Waals surface area contributed by atoms with Crippen LogP contribution in [0.4, 0.5) is 0 Å². The average molecular weight is 410 g/mol. The van der Waals surface area contributed by atoms with Gasteiger partial charge < -0.3 is 10.1 Å². The average Bonchev–Trinajstić information content (AvgIpc) is 3.17. The molecule has 1 N–H and O–H groups in total. The molecule has 0 bridgehead atoms. The number of aliphatic imine (C=N–C) groups is 1. The number of nitrogens with zero attached hydrogens (tertiary/aromatic N) is 4. The van der Waals surface area contributed by atoms with E-state index in [0.29, 0.717) is 23.1 Å². The first kappa shape index (κ1) is 19.1. The minimum absolute atomic E-state index is 0.0882. The van der Waals surface area contributed by atoms with Crippen molar-refractivity contribution >= 4 is 23.2 Å². The summed E-state index contributed by atoms with van der Waals surface area (Å²) < 4.78 is 7.32. The molecule has 2 aromatic carbocycles. The third-order valence-corrected chi connectivity index (χ3v) is 5.00. The van der Waals surface area contributed by atoms with Gasteiger partial charge in [0.25, 0.3) is 0 Å². The maximum absolute atomic E-state index is 12.3. The smallest absolute Gasteiger partial charge is 0.222 e. The maximum atomic E-state index is 12.3. The number of benzene rings is 2. The number of methoxy groups -OCH3 is 1. The summed E-state index contributed by atoms with van der Waals surface area (Å²) in [6.45, 7) is 2.45. The van der Waals surface area contributed by atoms with Crippen LogP contribution in [0.5, 0.6) is 5.75 Å². The van der Waals surface area contributed by atoms with Gasteiger partial charge in [-0.2, -0.15) is 0 Å². The van der Waals surface area contributed by atoms with E-state index in [1.165, 1.54) is 0 Å². The third kappa shape index (κ3) is 3.73. The largest absolute Gasteiger partial charge is 0.497 e. The zero-order chi connectivity index (χ0) is 20.4. The molecule has 1 atom stereocenters. The summed E-state index contributed by atoms with van der Waals surface area (Å²) in [7, 11) is 1.62. The Morgan fingerprint density at radius 2 is 2.03 bits per heavy atom. The summed E-state index contributed by atoms with van der Waals surface area (Å²) >= 11 is 6.08. The number of rotatable bonds is 5. The summed E-state index contributed by atoms with van der Waals surface area (Å²) in [5.74, 6) is 1.24. The van der Waals surface area contributed by atoms with Gasteiger partial charge in [-0.3, -0.25) is 14.4 Å². The molecule has 0 saturated heterocycles. The number of fused-ring (bicyclic) bond motifs is 3. The van der Waals surface area contributed by atoms with Crippen LogP contribution in [0.2, 0.25) is 5.02 Å². The second kappa shape index (κ2) is 8.05. The number of nitrogens with one attached hydrogen (secondary N) is 1. The number of amides is 1. The Morgan fingerprint density at radius 1 is 1.24 bits per heavy atom. The molecule has 148 valence electrons. The van der Waals surface area contributed by atoms with Gasteiger partial charge in [0.2, 0.25) is 5.91 Å². The van der Waals surface area contributed by atoms with Crippen LogP contribution in [0, 0.1) is 0 Å². The molecule has 3 aromatic rings. The maximum Gasteiger partial charge on any atom is 0.222 e. The number of halogens is 1. The quantitative estimate of drug-likeness (QED) is 0.700. The molecule has 1 aliphatic heterocycles. The first-order valence-corrected chi connectivity index (χ1v) is 9.67. The van der Waals surface area contributed by atoms with Crippen LogP contribution in [0.1, 0.15) is 36.3 Å². The highest BCUT2D eigenvalue weighted by atomic mass is 35.5. The van der Waals surface area contributed by atoms with Gasteiger partial charge >= 0.3 is 0 Å². The molecule has 7 nitrogen and oxygen atoms in total. The molecule has 0 fully saturated rings. The highest BCUT2D eigenvalue weighted by Gasteiger charge is 2.28. The van der Waals surface area contributed by atoms with Crippen molar-refractivity contribution in [2.24, 2.45) is 4.99 Å². The van der Waals surface area contributed by atoms with Gasteiger partial charge in [0.1, 0.15) is 18.1 Å². The van der Waals surface area contributed by atoms with Crippen LogP contribution >= 0.6 is 11.6 Å². The standard InChI is InChI=1S/C21H20ClN5O2/c1-3-23-19(28)11-17-21-26-24-12-27(21)18-9-8-15(29-2)10-16(18)20(25-17)13-4-6-14(22)7-5-13/h4-10,12,17H,3,11H2,1-2H3,(H,23,28). The number of aromatic nitrogens is 3. The van der Waals surface area contributed by atoms with Crippen molar-refractivity contribution in [3.8, 4) is 11.4 Å². The molecular formula is C21H20ClN5O2. The molecule has 0 radical (unpaired) electrons. The van der Waals surface area contributed by atoms with Gasteiger partial charge in [0.05, 0.1) is 24.9 Å². The second-order valence-electron chi connectivity index (χ2n) is 6.60. The number of hydrogen-bond acceptors (Lipinski definition) is 5. The zero-order valence-corrected chi connectivity index (χ0v) is 16.8. The number of carbonyl (C=O) groups is 1. The van der Waals surface area contributed by atoms with E-state index in [-0.39, 0.29) is 12.3 Å². The van der Waals surface area contributed by atoms with Crippen molar-refractivity contribution in [3.63, 3.8) is 0 Å². The first-order valence-electron chi connectivity index (χ1n) is 9.30. The predicted octanol–water partition coefficient (Wildman–Crippen LogP) is 3.35. The topological polar surface area (TPSA) is 81.4 Å². The minimum Gasteiger partial charge on any atom is -0.497 e. The lowest BCUT2D eigenvalue weighted by Crippen LogP contribution is -2.25. The van der Waals surface area contributed by atoms with Crippen molar-refractivity contribution in [1.82, 2.24) is 20.1 Å². The Labute approximate surface area is 173 Å². The van der Waals surface area contributed by atoms with E-state index in [9.17, 15) is 4.79 Å². The SMILES string of the molecule is CCNC(=O)CC1N=C(c2ccc(Cl)cc2)c2cc(OC)ccc2-n2cnnc21. The van der Waals surface area contributed by atoms with Gasteiger partial charge in [-0.15, -0.1) is 10.2 Å². The van der Waals surface area contributed by atoms with Crippen molar-refractivity contribution in [3.05, 3.63) is 70.8 Å². The molecule has 1 aliphatic rings. The summed E-state index contributed by atoms with van der Waals surface area (Å²) in [4.78, 5) is 17.3. The number of hydrogen-bond donors (Lipinski definition) is 1. The van der Waals surface area contributed by atoms with Crippen LogP contribution in [0.25, 0.3) is 5.69 Å². The molecule has 1 amide bonds. The Bertz CT molecular complexity index is 1070. The van der Waals surface area contributed by atoms with Gasteiger partial charge in [0.15, 0.2) is 5.82 Å². The fourth-order valence-corrected chi connectivity index (χ4v) is 3.53. The molecule has 29 heavy (non-hydrogen) atoms. The second-order valence-corrected chi connectivity index (χ2v) is 7.04. The first-order chi connectivity index (χ1) is 14.1. The number of carbonyl (C=O) groups excluding carboxylic acids is 1. The molecule has 0 spiro atoms. The van der Waals surface area contributed by atoms with Gasteiger partial charge in [-0.05, 0) is 37.3 Å². The van der Waals surface area contributed by atoms with Gasteiger partial charge in [-0.1, -0.05) is 23.7 Å². The third-order valence-electron chi connectivity index (χ3n) is 4.75. The lowest BCUT2D eigenvalue weighted by Gasteiger charge is -2.13. The van der Waals surface area contributed by atoms with Crippen LogP contribution < -0.4 is 10.1 Å². The molecule has 0 aliphatic carbocycles. The fraction of sp³-hybridized carbons (Fsp3) is 0.238. The van der Waals surface area contributed by atoms with Crippen molar-refractivity contribution in [2.45, 2.75) is 19.4 Å². The van der Waals surface area contributed by atoms with Crippen molar-refractivity contribution in [2.75, 3.05) is 13.7 Å². The van der Waals surface area contributed by atoms with Crippen molar-refractivity contribution in [1.29, 1.82) is 0 Å². The molecule has 2 heterocycles. The molecule has 8 heteroatoms. The summed E-state index contributed by atoms with van der Waals surface area (Å²) in [6, 6.07) is 12.8. The van der Waals surface area contributed by atoms with E-state index in [0.717, 1.165) is 22.5 Å². The molecule has 0 saturated carbocycles. The van der Waals surface area contributed by atoms with Gasteiger partial charge in [0, 0.05) is 22.7 Å². The van der Waals surface area contributed by atoms with Crippen LogP contribution in [0.3, 0.4) is 0 Å². The monoisotopic (exact) mass is 409 g/mol. The van der Waals surface area contributed by atoms with E-state index in [1.807, 2.05) is 54.0 Å². The summed E-state index contributed by atoms with van der Waals surface area (Å²) in [6.07, 6.45) is 1.82. The van der Waals surface area contributed by atoms with Crippen molar-refractivity contribution < 1.29 is 9.53 Å². The van der Waals surface area contributed by atoms with E-state index in [1.54, 1.807) is 13.4 Å². The van der Waals surface area contributed by atoms with E-state index >= 15 is 0 Å². The highest BCUT2D eigenvalue weighted by molar-refractivity contribution is 6.30. The molecular weight excluding hydrogens is 390 g/mol. The normalized spacial score (nSPS) is 15.0. The Hall–Kier alpha value is -3.19. The van der Waals surface area contributed by atoms with E-state index in [4.69, 9.17) is 21.3 Å². The van der Waals surface area contributed by atoms with E-state index < -0.39 is 6.04 Å². The van der Waals surface area contributed by atoms with E-state index in [2.05, 4.69) is 15.5 Å². The Morgan fingerprint density at radius 3 is 2.76 bits per heavy atom. The molecule has 4 rings (SSSR count). The lowest BCUT2D eigenvalue weighted by atomic mass is 10.00.